The van der Waals surface area contributed by atoms with E-state index in [1.54, 1.807) is 25.9 Å². The third-order valence-corrected chi connectivity index (χ3v) is 17.3. The Morgan fingerprint density at radius 3 is 2.03 bits per heavy atom. The Bertz CT molecular complexity index is 3880. The third kappa shape index (κ3) is 14.2. The van der Waals surface area contributed by atoms with Gasteiger partial charge in [0.2, 0.25) is 47.5 Å². The molecule has 6 aliphatic heterocycles. The number of likely N-dealkylation sites (N-methyl/N-ethyl adjacent to an activating group) is 1. The minimum Gasteiger partial charge on any atom is -0.508 e. The van der Waals surface area contributed by atoms with Crippen molar-refractivity contribution in [1.82, 2.24) is 36.8 Å². The molecule has 0 radical (unpaired) electrons. The first-order valence-electron chi connectivity index (χ1n) is 28.0. The number of carbonyl (C=O) groups is 8. The molecule has 490 valence electrons. The third-order valence-electron chi connectivity index (χ3n) is 15.8. The van der Waals surface area contributed by atoms with Gasteiger partial charge in [-0.2, -0.15) is 8.42 Å². The zero-order valence-electron chi connectivity index (χ0n) is 48.8. The van der Waals surface area contributed by atoms with E-state index in [2.05, 4.69) is 31.9 Å². The number of carbonyl (C=O) groups excluding carboxylic acids is 6. The molecule has 15 N–H and O–H groups in total. The second kappa shape index (κ2) is 27.2. The van der Waals surface area contributed by atoms with Crippen molar-refractivity contribution in [2.75, 3.05) is 27.8 Å². The van der Waals surface area contributed by atoms with E-state index < -0.39 is 234 Å². The van der Waals surface area contributed by atoms with Gasteiger partial charge in [0.05, 0.1) is 17.7 Å². The summed E-state index contributed by atoms with van der Waals surface area (Å²) in [5.74, 6) is -15.7. The van der Waals surface area contributed by atoms with Crippen LogP contribution in [0.5, 0.6) is 46.0 Å². The Morgan fingerprint density at radius 2 is 1.40 bits per heavy atom. The number of phenols is 3. The molecule has 11 bridgehead atoms. The number of aliphatic hydroxyl groups is 3. The van der Waals surface area contributed by atoms with Crippen LogP contribution in [0.15, 0.2) is 84.9 Å². The predicted molar refractivity (Wildman–Crippen MR) is 315 cm³/mol. The van der Waals surface area contributed by atoms with Gasteiger partial charge in [0.1, 0.15) is 88.6 Å². The van der Waals surface area contributed by atoms with Gasteiger partial charge in [-0.1, -0.05) is 35.9 Å². The van der Waals surface area contributed by atoms with E-state index in [0.717, 1.165) is 67.8 Å². The predicted octanol–water partition coefficient (Wildman–Crippen LogP) is 0.579. The maximum Gasteiger partial charge on any atom is 0.330 e. The molecule has 33 heteroatoms. The molecule has 5 aromatic rings. The zero-order chi connectivity index (χ0) is 66.9. The van der Waals surface area contributed by atoms with Crippen LogP contribution in [0.25, 0.3) is 11.1 Å². The van der Waals surface area contributed by atoms with Gasteiger partial charge in [0.15, 0.2) is 17.5 Å². The number of nitrogens with one attached hydrogen (secondary N) is 6. The Hall–Kier alpha value is -9.38. The molecule has 1 saturated heterocycles. The number of ether oxygens (including phenoxy) is 5. The number of carboxylic acids is 2. The van der Waals surface area contributed by atoms with Crippen LogP contribution in [0.1, 0.15) is 71.0 Å². The van der Waals surface area contributed by atoms with Crippen molar-refractivity contribution < 1.29 is 116 Å². The largest absolute Gasteiger partial charge is 0.508 e. The molecule has 6 aliphatic rings. The normalized spacial score (nSPS) is 25.4. The number of rotatable bonds is 12. The van der Waals surface area contributed by atoms with Crippen LogP contribution >= 0.6 is 11.6 Å². The summed E-state index contributed by atoms with van der Waals surface area (Å²) >= 11 is 6.94. The van der Waals surface area contributed by atoms with E-state index in [-0.39, 0.29) is 12.2 Å². The summed E-state index contributed by atoms with van der Waals surface area (Å²) in [4.78, 5) is 117. The first kappa shape index (κ1) is 67.0. The summed E-state index contributed by atoms with van der Waals surface area (Å²) < 4.78 is 69.8. The van der Waals surface area contributed by atoms with Crippen molar-refractivity contribution in [2.24, 2.45) is 0 Å². The number of aliphatic carboxylic acids is 2. The molecule has 0 aliphatic carbocycles. The molecule has 92 heavy (non-hydrogen) atoms. The van der Waals surface area contributed by atoms with Gasteiger partial charge >= 0.3 is 11.9 Å². The first-order chi connectivity index (χ1) is 43.5. The van der Waals surface area contributed by atoms with Gasteiger partial charge < -0.3 is 96.4 Å². The Balaban J connectivity index is 1.34. The van der Waals surface area contributed by atoms with Gasteiger partial charge in [-0.05, 0) is 104 Å². The molecule has 5 aromatic carbocycles. The molecule has 0 saturated carbocycles. The monoisotopic (exact) mass is 1320 g/mol. The quantitative estimate of drug-likeness (QED) is 0.0760. The lowest BCUT2D eigenvalue weighted by Crippen LogP contribution is -2.60. The number of carboxylic acid groups (broad SMARTS) is 2. The molecule has 0 unspecified atom stereocenters. The lowest BCUT2D eigenvalue weighted by atomic mass is 9.89. The highest BCUT2D eigenvalue weighted by Gasteiger charge is 2.48. The average Bonchev–Trinajstić information content (AvgIpc) is 0.774. The summed E-state index contributed by atoms with van der Waals surface area (Å²) in [5.41, 5.74) is -2.83. The smallest absolute Gasteiger partial charge is 0.330 e. The van der Waals surface area contributed by atoms with E-state index in [0.29, 0.717) is 5.56 Å². The van der Waals surface area contributed by atoms with E-state index in [9.17, 15) is 77.8 Å². The topological polar surface area (TPSA) is 474 Å². The molecule has 1 fully saturated rings. The number of nitrogens with zero attached hydrogens (tertiary/aromatic N) is 1. The van der Waals surface area contributed by atoms with Crippen LogP contribution in [0, 0.1) is 0 Å². The first-order valence-corrected chi connectivity index (χ1v) is 29.9. The lowest BCUT2D eigenvalue weighted by Gasteiger charge is -2.41. The number of hydrogen-bond acceptors (Lipinski definition) is 22. The fraction of sp³-hybridized carbons (Fsp3) is 0.356. The molecule has 31 nitrogen and oxygen atoms in total. The van der Waals surface area contributed by atoms with Gasteiger partial charge in [-0.15, -0.1) is 0 Å². The van der Waals surface area contributed by atoms with Gasteiger partial charge in [0, 0.05) is 42.7 Å². The van der Waals surface area contributed by atoms with Crippen LogP contribution in [-0.2, 0) is 64.4 Å². The standard InChI is InChI=1S/C59H62ClN7O24S/c1-23(67(2)3)52(76)62-34-15-24-5-9-29(10-6-24)88-38-18-27-19-39(49(38)91-59-50(87-4)48(75)47(74)40(22-68)90-59)89-37-13-8-26(17-32(37)60)51(92(84,85)86)46-57(81)65-45(58(82)83)31-20-28(69)21-36(71)42(31)30-16-25(7-12-35(30)70)43(55(79)66-46)64-56(80)44(27)63-53(77)33(61-54(34)78)11-14-41(72)73/h5-10,12-13,16-21,23,33-34,40,43-48,50-51,59,68-71,74-75H,11,14-15,22H2,1-4H3,(H,61,78)(H,62,76)(H,63,77)(H,64,80)(H,65,81)(H,66,79)(H,72,73)(H,82,83)(H,84,85,86)/t23-,33+,34-,40+,43+,44+,45-,46-,47+,48+,50+,51+,59-/m0/s1. The summed E-state index contributed by atoms with van der Waals surface area (Å²) in [6.07, 6.45) is -10.3. The molecule has 6 heterocycles. The molecule has 0 spiro atoms. The second-order valence-electron chi connectivity index (χ2n) is 22.1. The van der Waals surface area contributed by atoms with E-state index in [1.165, 1.54) is 24.3 Å². The van der Waals surface area contributed by atoms with Crippen molar-refractivity contribution in [2.45, 2.75) is 104 Å². The number of benzene rings is 5. The summed E-state index contributed by atoms with van der Waals surface area (Å²) in [6.45, 7) is 0.651. The van der Waals surface area contributed by atoms with Crippen LogP contribution < -0.4 is 46.1 Å². The number of aliphatic hydroxyl groups excluding tert-OH is 3. The number of methoxy groups -OCH3 is 1. The fourth-order valence-corrected chi connectivity index (χ4v) is 12.0. The fourth-order valence-electron chi connectivity index (χ4n) is 10.8. The van der Waals surface area contributed by atoms with E-state index in [4.69, 9.17) is 35.3 Å². The number of hydrogen-bond donors (Lipinski definition) is 15. The molecular weight excluding hydrogens is 1260 g/mol. The average molecular weight is 1320 g/mol. The number of aromatic hydroxyl groups is 3. The van der Waals surface area contributed by atoms with Gasteiger partial charge in [-0.25, -0.2) is 4.79 Å². The van der Waals surface area contributed by atoms with Crippen molar-refractivity contribution >= 4 is 69.1 Å². The van der Waals surface area contributed by atoms with E-state index in [1.807, 2.05) is 0 Å². The number of amides is 6. The molecule has 0 aromatic heterocycles. The second-order valence-corrected chi connectivity index (χ2v) is 24.0. The lowest BCUT2D eigenvalue weighted by molar-refractivity contribution is -0.283. The number of fused-ring (bicyclic) bond motifs is 15. The van der Waals surface area contributed by atoms with Gasteiger partial charge in [-0.3, -0.25) is 43.0 Å². The highest BCUT2D eigenvalue weighted by atomic mass is 35.5. The maximum atomic E-state index is 15.8. The van der Waals surface area contributed by atoms with Crippen LogP contribution in [0.3, 0.4) is 0 Å². The molecule has 6 amide bonds. The minimum absolute atomic E-state index is 0.0553. The van der Waals surface area contributed by atoms with Crippen LogP contribution in [0.4, 0.5) is 0 Å². The highest BCUT2D eigenvalue weighted by molar-refractivity contribution is 7.86. The van der Waals surface area contributed by atoms with Crippen molar-refractivity contribution in [3.8, 4) is 57.1 Å². The highest BCUT2D eigenvalue weighted by Crippen LogP contribution is 2.49. The SMILES string of the molecule is CO[C@H]1[C@H](Oc2c3cc4cc2Oc2ccc(cc2Cl)[C@@H](S(=O)(=O)O)[C@@H]2NC(=O)[C@H](NC(=O)[C@@H]4NC(=O)[C@@H](CCC(=O)O)NC(=O)[C@@H](NC(=O)[C@H](C)N(C)C)Cc4ccc(cc4)O3)c3ccc(O)c(c3)-c3c(O)cc(O)cc3[C@@H](C(=O)O)NC2=O)O[C@H](CO)[C@@H](O)[C@H]1O. The Labute approximate surface area is 526 Å². The van der Waals surface area contributed by atoms with Crippen molar-refractivity contribution in [3.63, 3.8) is 0 Å². The summed E-state index contributed by atoms with van der Waals surface area (Å²) in [6, 6.07) is 1.25. The summed E-state index contributed by atoms with van der Waals surface area (Å²) in [5, 5.41) is 97.9. The molecular formula is C59H62ClN7O24S. The number of halogens is 1. The molecule has 11 rings (SSSR count). The zero-order valence-corrected chi connectivity index (χ0v) is 50.4. The van der Waals surface area contributed by atoms with E-state index >= 15 is 14.4 Å². The minimum atomic E-state index is -5.75. The Kier molecular flexibility index (Phi) is 19.8. The van der Waals surface area contributed by atoms with Crippen LogP contribution in [-0.4, -0.2) is 189 Å². The number of phenolic OH excluding ortho intramolecular Hbond substituents is 3. The van der Waals surface area contributed by atoms with Crippen LogP contribution in [0.2, 0.25) is 5.02 Å². The summed E-state index contributed by atoms with van der Waals surface area (Å²) in [7, 11) is -1.44. The maximum absolute atomic E-state index is 15.8. The van der Waals surface area contributed by atoms with Gasteiger partial charge in [0.25, 0.3) is 10.1 Å². The Morgan fingerprint density at radius 1 is 0.750 bits per heavy atom. The van der Waals surface area contributed by atoms with Crippen molar-refractivity contribution in [1.29, 1.82) is 0 Å². The molecule has 13 atom stereocenters. The van der Waals surface area contributed by atoms with Crippen molar-refractivity contribution in [3.05, 3.63) is 118 Å².